The van der Waals surface area contributed by atoms with Crippen LogP contribution in [0.15, 0.2) is 24.3 Å². The maximum Gasteiger partial charge on any atom is 0.303 e. The van der Waals surface area contributed by atoms with Crippen molar-refractivity contribution >= 4 is 5.97 Å². The van der Waals surface area contributed by atoms with Gasteiger partial charge in [-0.1, -0.05) is 38.1 Å². The summed E-state index contributed by atoms with van der Waals surface area (Å²) in [5.74, 6) is -0.274. The van der Waals surface area contributed by atoms with Crippen molar-refractivity contribution in [1.82, 2.24) is 0 Å². The van der Waals surface area contributed by atoms with E-state index in [1.54, 1.807) is 0 Å². The van der Waals surface area contributed by atoms with Gasteiger partial charge in [0.1, 0.15) is 0 Å². The summed E-state index contributed by atoms with van der Waals surface area (Å²) < 4.78 is 0. The van der Waals surface area contributed by atoms with Crippen LogP contribution in [-0.4, -0.2) is 11.1 Å². The second-order valence-electron chi connectivity index (χ2n) is 3.75. The highest BCUT2D eigenvalue weighted by Gasteiger charge is 2.06. The van der Waals surface area contributed by atoms with Gasteiger partial charge in [0.25, 0.3) is 0 Å². The molecule has 1 rings (SSSR count). The highest BCUT2D eigenvalue weighted by Crippen LogP contribution is 2.20. The lowest BCUT2D eigenvalue weighted by Crippen LogP contribution is -2.01. The molecule has 1 aromatic carbocycles. The normalized spacial score (nSPS) is 10.5. The van der Waals surface area contributed by atoms with Gasteiger partial charge in [-0.05, 0) is 23.5 Å². The number of aryl methyl sites for hydroxylation is 1. The quantitative estimate of drug-likeness (QED) is 0.796. The predicted octanol–water partition coefficient (Wildman–Crippen LogP) is 2.83. The summed E-state index contributed by atoms with van der Waals surface area (Å²) >= 11 is 0. The van der Waals surface area contributed by atoms with Crippen molar-refractivity contribution in [3.8, 4) is 0 Å². The Balaban J connectivity index is 2.79. The van der Waals surface area contributed by atoms with Crippen molar-refractivity contribution in [3.05, 3.63) is 35.4 Å². The lowest BCUT2D eigenvalue weighted by atomic mass is 9.95. The summed E-state index contributed by atoms with van der Waals surface area (Å²) in [6.07, 6.45) is 0.841. The van der Waals surface area contributed by atoms with E-state index in [1.165, 1.54) is 5.56 Å². The van der Waals surface area contributed by atoms with Crippen LogP contribution in [0.1, 0.15) is 37.3 Å². The van der Waals surface area contributed by atoms with Crippen molar-refractivity contribution in [2.45, 2.75) is 32.6 Å². The monoisotopic (exact) mass is 192 g/mol. The molecule has 0 aliphatic carbocycles. The van der Waals surface area contributed by atoms with Crippen LogP contribution in [0.2, 0.25) is 0 Å². The molecule has 0 heterocycles. The Morgan fingerprint density at radius 3 is 2.57 bits per heavy atom. The summed E-state index contributed by atoms with van der Waals surface area (Å²) in [4.78, 5) is 10.5. The SMILES string of the molecule is CC(C)c1ccccc1CCC(=O)O. The van der Waals surface area contributed by atoms with Crippen LogP contribution in [0.25, 0.3) is 0 Å². The molecule has 0 aromatic heterocycles. The van der Waals surface area contributed by atoms with Gasteiger partial charge in [-0.25, -0.2) is 0 Å². The van der Waals surface area contributed by atoms with Gasteiger partial charge < -0.3 is 5.11 Å². The van der Waals surface area contributed by atoms with E-state index >= 15 is 0 Å². The Morgan fingerprint density at radius 2 is 2.00 bits per heavy atom. The molecule has 0 spiro atoms. The zero-order valence-electron chi connectivity index (χ0n) is 8.66. The maximum absolute atomic E-state index is 10.5. The zero-order valence-corrected chi connectivity index (χ0v) is 8.66. The molecule has 0 atom stereocenters. The van der Waals surface area contributed by atoms with Gasteiger partial charge in [0.2, 0.25) is 0 Å². The molecule has 0 saturated heterocycles. The lowest BCUT2D eigenvalue weighted by Gasteiger charge is -2.11. The van der Waals surface area contributed by atoms with E-state index in [0.29, 0.717) is 12.3 Å². The smallest absolute Gasteiger partial charge is 0.303 e. The van der Waals surface area contributed by atoms with Crippen LogP contribution < -0.4 is 0 Å². The Labute approximate surface area is 84.6 Å². The molecule has 0 aliphatic heterocycles. The van der Waals surface area contributed by atoms with E-state index in [0.717, 1.165) is 5.56 Å². The summed E-state index contributed by atoms with van der Waals surface area (Å²) in [5, 5.41) is 8.60. The minimum absolute atomic E-state index is 0.212. The van der Waals surface area contributed by atoms with E-state index in [2.05, 4.69) is 19.9 Å². The van der Waals surface area contributed by atoms with E-state index in [4.69, 9.17) is 5.11 Å². The number of hydrogen-bond acceptors (Lipinski definition) is 1. The molecular formula is C12H16O2. The molecule has 1 aromatic rings. The summed E-state index contributed by atoms with van der Waals surface area (Å²) in [6, 6.07) is 8.04. The second-order valence-corrected chi connectivity index (χ2v) is 3.75. The van der Waals surface area contributed by atoms with E-state index in [-0.39, 0.29) is 6.42 Å². The molecule has 2 nitrogen and oxygen atoms in total. The van der Waals surface area contributed by atoms with Gasteiger partial charge in [0, 0.05) is 6.42 Å². The number of rotatable bonds is 4. The summed E-state index contributed by atoms with van der Waals surface area (Å²) in [6.45, 7) is 4.25. The minimum Gasteiger partial charge on any atom is -0.481 e. The standard InChI is InChI=1S/C12H16O2/c1-9(2)11-6-4-3-5-10(11)7-8-12(13)14/h3-6,9H,7-8H2,1-2H3,(H,13,14). The van der Waals surface area contributed by atoms with Crippen molar-refractivity contribution in [3.63, 3.8) is 0 Å². The topological polar surface area (TPSA) is 37.3 Å². The Bertz CT molecular complexity index is 316. The number of carboxylic acid groups (broad SMARTS) is 1. The van der Waals surface area contributed by atoms with Gasteiger partial charge in [0.15, 0.2) is 0 Å². The van der Waals surface area contributed by atoms with Gasteiger partial charge in [-0.2, -0.15) is 0 Å². The third kappa shape index (κ3) is 2.87. The molecule has 0 bridgehead atoms. The largest absolute Gasteiger partial charge is 0.481 e. The molecule has 1 N–H and O–H groups in total. The van der Waals surface area contributed by atoms with Crippen molar-refractivity contribution < 1.29 is 9.90 Å². The maximum atomic E-state index is 10.5. The minimum atomic E-state index is -0.733. The molecular weight excluding hydrogens is 176 g/mol. The highest BCUT2D eigenvalue weighted by molar-refractivity contribution is 5.67. The number of hydrogen-bond donors (Lipinski definition) is 1. The molecule has 0 saturated carbocycles. The number of aliphatic carboxylic acids is 1. The first-order valence-electron chi connectivity index (χ1n) is 4.91. The Morgan fingerprint density at radius 1 is 1.36 bits per heavy atom. The van der Waals surface area contributed by atoms with Crippen LogP contribution in [0.4, 0.5) is 0 Å². The average Bonchev–Trinajstić information content (AvgIpc) is 2.15. The molecule has 0 aliphatic rings. The van der Waals surface area contributed by atoms with E-state index < -0.39 is 5.97 Å². The van der Waals surface area contributed by atoms with Crippen LogP contribution >= 0.6 is 0 Å². The van der Waals surface area contributed by atoms with Gasteiger partial charge in [0.05, 0.1) is 0 Å². The van der Waals surface area contributed by atoms with Gasteiger partial charge >= 0.3 is 5.97 Å². The molecule has 0 fully saturated rings. The van der Waals surface area contributed by atoms with Crippen molar-refractivity contribution in [2.24, 2.45) is 0 Å². The molecule has 0 unspecified atom stereocenters. The molecule has 0 radical (unpaired) electrons. The predicted molar refractivity (Wildman–Crippen MR) is 56.5 cm³/mol. The second kappa shape index (κ2) is 4.80. The van der Waals surface area contributed by atoms with E-state index in [1.807, 2.05) is 18.2 Å². The number of carboxylic acids is 1. The highest BCUT2D eigenvalue weighted by atomic mass is 16.4. The fourth-order valence-corrected chi connectivity index (χ4v) is 1.57. The first kappa shape index (κ1) is 10.8. The van der Waals surface area contributed by atoms with E-state index in [9.17, 15) is 4.79 Å². The Kier molecular flexibility index (Phi) is 3.69. The first-order chi connectivity index (χ1) is 6.61. The van der Waals surface area contributed by atoms with Crippen LogP contribution in [0.5, 0.6) is 0 Å². The number of carbonyl (C=O) groups is 1. The van der Waals surface area contributed by atoms with Crippen LogP contribution in [-0.2, 0) is 11.2 Å². The zero-order chi connectivity index (χ0) is 10.6. The fraction of sp³-hybridized carbons (Fsp3) is 0.417. The van der Waals surface area contributed by atoms with Crippen molar-refractivity contribution in [2.75, 3.05) is 0 Å². The number of benzene rings is 1. The molecule has 0 amide bonds. The molecule has 76 valence electrons. The van der Waals surface area contributed by atoms with Gasteiger partial charge in [-0.15, -0.1) is 0 Å². The van der Waals surface area contributed by atoms with Crippen LogP contribution in [0, 0.1) is 0 Å². The summed E-state index contributed by atoms with van der Waals surface area (Å²) in [5.41, 5.74) is 2.42. The average molecular weight is 192 g/mol. The molecule has 14 heavy (non-hydrogen) atoms. The Hall–Kier alpha value is -1.31. The third-order valence-electron chi connectivity index (χ3n) is 2.29. The van der Waals surface area contributed by atoms with Crippen molar-refractivity contribution in [1.29, 1.82) is 0 Å². The first-order valence-corrected chi connectivity index (χ1v) is 4.91. The summed E-state index contributed by atoms with van der Waals surface area (Å²) in [7, 11) is 0. The lowest BCUT2D eigenvalue weighted by molar-refractivity contribution is -0.136. The third-order valence-corrected chi connectivity index (χ3v) is 2.29. The fourth-order valence-electron chi connectivity index (χ4n) is 1.57. The van der Waals surface area contributed by atoms with Crippen LogP contribution in [0.3, 0.4) is 0 Å². The van der Waals surface area contributed by atoms with Gasteiger partial charge in [-0.3, -0.25) is 4.79 Å². The molecule has 2 heteroatoms.